The number of aromatic nitrogens is 10. The van der Waals surface area contributed by atoms with E-state index < -0.39 is 34.9 Å². The number of anilines is 4. The number of nitrogens with one attached hydrogen (secondary N) is 1. The number of hydrogen-bond donors (Lipinski definition) is 1. The second kappa shape index (κ2) is 31.4. The molecule has 0 radical (unpaired) electrons. The first kappa shape index (κ1) is 68.0. The highest BCUT2D eigenvalue weighted by atomic mass is 35.5. The van der Waals surface area contributed by atoms with Crippen LogP contribution in [0, 0.1) is 70.4 Å². The Morgan fingerprint density at radius 2 is 0.926 bits per heavy atom. The summed E-state index contributed by atoms with van der Waals surface area (Å²) in [6.45, 7) is 3.83. The van der Waals surface area contributed by atoms with Gasteiger partial charge in [-0.05, 0) is 125 Å². The summed E-state index contributed by atoms with van der Waals surface area (Å²) in [4.78, 5) is 57.1. The zero-order valence-corrected chi connectivity index (χ0v) is 54.5. The molecule has 0 fully saturated rings. The third-order valence-corrected chi connectivity index (χ3v) is 16.4. The van der Waals surface area contributed by atoms with Gasteiger partial charge >= 0.3 is 0 Å². The number of halogens is 9. The van der Waals surface area contributed by atoms with Crippen molar-refractivity contribution in [3.8, 4) is 35.5 Å². The molecule has 0 aliphatic carbocycles. The van der Waals surface area contributed by atoms with Gasteiger partial charge in [0.2, 0.25) is 5.95 Å². The summed E-state index contributed by atoms with van der Waals surface area (Å²) in [5, 5.41) is 6.26. The minimum absolute atomic E-state index is 0.0785. The first-order valence-corrected chi connectivity index (χ1v) is 31.2. The highest BCUT2D eigenvalue weighted by Gasteiger charge is 2.27. The molecule has 12 rings (SSSR count). The van der Waals surface area contributed by atoms with E-state index in [9.17, 15) is 31.1 Å². The lowest BCUT2D eigenvalue weighted by atomic mass is 10.1. The number of nitrogens with zero attached hydrogens (tertiary/aromatic N) is 15. The molecule has 5 aromatic heterocycles. The number of aryl methyl sites for hydroxylation is 3. The number of hydrogen-bond acceptors (Lipinski definition) is 15. The number of likely N-dealkylation sites (N-methyl/N-ethyl adjacent to an activating group) is 1. The van der Waals surface area contributed by atoms with Crippen molar-refractivity contribution in [1.82, 2.24) is 59.9 Å². The zero-order chi connectivity index (χ0) is 67.3. The summed E-state index contributed by atoms with van der Waals surface area (Å²) in [6.07, 6.45) is 16.5. The standard InChI is InChI=1S/C24H19ClF2N4O.C23H23ClF2N6.C22H19ClF2N6/c1-28-24(32)16-5-2-4-15(12-16)7-8-17-13-29-21-6-3-11-31(23(21)30-17)14-18-19(26)9-10-20(27)22(18)25;1-30(2)10-11-32-14-16(12-28-32)5-6-17-13-27-21-4-3-9-31(23(21)29-17)15-18-19(25)7-8-20(26)22(18)24;1-30(2)22-27-10-14(11-28-22)5-6-15-12-26-19-4-3-9-31(21(19)29-15)13-16-17(24)7-8-18(25)20(16)23/h2,4-5,9-10,12-13H,3,6,11,14H2,1H3,(H,28,32);7-8,12-14H,3-4,9-11,15H2,1-2H3;7-8,10-12H,3-4,9,13H2,1-2H3. The summed E-state index contributed by atoms with van der Waals surface area (Å²) >= 11 is 18.0. The summed E-state index contributed by atoms with van der Waals surface area (Å²) in [7, 11) is 9.31. The van der Waals surface area contributed by atoms with Gasteiger partial charge in [-0.25, -0.2) is 51.3 Å². The molecule has 0 saturated carbocycles. The molecule has 1 N–H and O–H groups in total. The molecule has 0 spiro atoms. The lowest BCUT2D eigenvalue weighted by Gasteiger charge is -2.29. The van der Waals surface area contributed by atoms with Crippen LogP contribution in [0.25, 0.3) is 0 Å². The number of amides is 1. The van der Waals surface area contributed by atoms with Gasteiger partial charge in [-0.3, -0.25) is 24.4 Å². The van der Waals surface area contributed by atoms with Crippen molar-refractivity contribution in [3.05, 3.63) is 227 Å². The van der Waals surface area contributed by atoms with Crippen LogP contribution >= 0.6 is 34.8 Å². The minimum Gasteiger partial charge on any atom is -0.355 e. The van der Waals surface area contributed by atoms with Crippen LogP contribution in [-0.2, 0) is 45.4 Å². The van der Waals surface area contributed by atoms with Gasteiger partial charge in [0.25, 0.3) is 5.91 Å². The van der Waals surface area contributed by atoms with Crippen molar-refractivity contribution >= 4 is 64.1 Å². The minimum atomic E-state index is -0.662. The topological polar surface area (TPSA) is 166 Å². The van der Waals surface area contributed by atoms with Crippen LogP contribution < -0.4 is 24.9 Å². The third-order valence-electron chi connectivity index (χ3n) is 15.2. The fourth-order valence-electron chi connectivity index (χ4n) is 10.2. The first-order chi connectivity index (χ1) is 45.8. The van der Waals surface area contributed by atoms with Gasteiger partial charge in [0.1, 0.15) is 52.0 Å². The molecule has 26 heteroatoms. The Bertz CT molecular complexity index is 4500. The van der Waals surface area contributed by atoms with Crippen molar-refractivity contribution in [3.63, 3.8) is 0 Å². The summed E-state index contributed by atoms with van der Waals surface area (Å²) in [5.41, 5.74) is 6.70. The fraction of sp³-hybridized carbons (Fsp3) is 0.275. The Balaban J connectivity index is 0.000000155. The Labute approximate surface area is 560 Å². The normalized spacial score (nSPS) is 12.8. The predicted molar refractivity (Wildman–Crippen MR) is 353 cm³/mol. The second-order valence-electron chi connectivity index (χ2n) is 22.5. The monoisotopic (exact) mass is 1350 g/mol. The maximum absolute atomic E-state index is 14.3. The summed E-state index contributed by atoms with van der Waals surface area (Å²) < 4.78 is 86.3. The SMILES string of the molecule is CN(C)CCn1cc(C#Cc2cnc3c(n2)N(Cc2c(F)ccc(F)c2Cl)CCC3)cn1.CN(C)c1ncc(C#Cc2cnc3c(n2)N(Cc2c(F)ccc(F)c2Cl)CCC3)cn1.CNC(=O)c1cccc(C#Cc2cnc3c(n2)N(Cc2c(F)ccc(F)c2Cl)CCC3)c1. The number of carbonyl (C=O) groups is 1. The van der Waals surface area contributed by atoms with E-state index in [-0.39, 0.29) is 57.3 Å². The Morgan fingerprint density at radius 1 is 0.516 bits per heavy atom. The van der Waals surface area contributed by atoms with Crippen LogP contribution in [-0.4, -0.2) is 122 Å². The number of rotatable bonds is 11. The molecular weight excluding hydrogens is 1290 g/mol. The second-order valence-corrected chi connectivity index (χ2v) is 23.6. The Morgan fingerprint density at radius 3 is 1.34 bits per heavy atom. The van der Waals surface area contributed by atoms with Crippen LogP contribution in [0.5, 0.6) is 0 Å². The lowest BCUT2D eigenvalue weighted by molar-refractivity contribution is 0.0963. The van der Waals surface area contributed by atoms with E-state index in [1.54, 1.807) is 73.4 Å². The van der Waals surface area contributed by atoms with Gasteiger partial charge in [-0.1, -0.05) is 58.6 Å². The van der Waals surface area contributed by atoms with Crippen molar-refractivity contribution in [2.45, 2.75) is 64.7 Å². The van der Waals surface area contributed by atoms with E-state index in [4.69, 9.17) is 34.8 Å². The molecule has 0 saturated heterocycles. The molecule has 0 unspecified atom stereocenters. The highest BCUT2D eigenvalue weighted by molar-refractivity contribution is 6.32. The fourth-order valence-corrected chi connectivity index (χ4v) is 10.9. The molecule has 9 aromatic rings. The molecule has 1 amide bonds. The summed E-state index contributed by atoms with van der Waals surface area (Å²) in [5.74, 6) is 16.6. The van der Waals surface area contributed by atoms with Crippen LogP contribution in [0.3, 0.4) is 0 Å². The van der Waals surface area contributed by atoms with Crippen molar-refractivity contribution in [1.29, 1.82) is 0 Å². The van der Waals surface area contributed by atoms with Gasteiger partial charge < -0.3 is 29.8 Å². The molecule has 3 aliphatic rings. The van der Waals surface area contributed by atoms with Crippen LogP contribution in [0.4, 0.5) is 49.7 Å². The van der Waals surface area contributed by atoms with Crippen LogP contribution in [0.2, 0.25) is 15.1 Å². The van der Waals surface area contributed by atoms with Crippen LogP contribution in [0.15, 0.2) is 104 Å². The van der Waals surface area contributed by atoms with Crippen molar-refractivity contribution in [2.24, 2.45) is 0 Å². The largest absolute Gasteiger partial charge is 0.355 e. The molecule has 95 heavy (non-hydrogen) atoms. The Kier molecular flexibility index (Phi) is 22.5. The van der Waals surface area contributed by atoms with E-state index >= 15 is 0 Å². The summed E-state index contributed by atoms with van der Waals surface area (Å²) in [6, 6.07) is 13.3. The smallest absolute Gasteiger partial charge is 0.251 e. The zero-order valence-electron chi connectivity index (χ0n) is 52.2. The van der Waals surface area contributed by atoms with E-state index in [1.165, 1.54) is 0 Å². The molecule has 0 bridgehead atoms. The van der Waals surface area contributed by atoms with E-state index in [2.05, 4.69) is 90.7 Å². The molecule has 17 nitrogen and oxygen atoms in total. The lowest BCUT2D eigenvalue weighted by Crippen LogP contribution is -2.31. The van der Waals surface area contributed by atoms with Crippen molar-refractivity contribution in [2.75, 3.05) is 81.0 Å². The molecular formula is C69H61Cl3F6N16O. The molecule has 3 aliphatic heterocycles. The van der Waals surface area contributed by atoms with Crippen molar-refractivity contribution < 1.29 is 31.1 Å². The maximum atomic E-state index is 14.3. The molecule has 486 valence electrons. The van der Waals surface area contributed by atoms with Gasteiger partial charge in [0.15, 0.2) is 17.5 Å². The molecule has 0 atom stereocenters. The number of fused-ring (bicyclic) bond motifs is 3. The molecule has 4 aromatic carbocycles. The third kappa shape index (κ3) is 17.3. The quantitative estimate of drug-likeness (QED) is 0.0738. The molecule has 8 heterocycles. The highest BCUT2D eigenvalue weighted by Crippen LogP contribution is 2.33. The average Bonchev–Trinajstić information content (AvgIpc) is 1.00. The maximum Gasteiger partial charge on any atom is 0.251 e. The Hall–Kier alpha value is -9.83. The van der Waals surface area contributed by atoms with E-state index in [0.717, 1.165) is 111 Å². The van der Waals surface area contributed by atoms with Crippen LogP contribution in [0.1, 0.15) is 97.2 Å². The number of benzene rings is 4. The van der Waals surface area contributed by atoms with E-state index in [0.29, 0.717) is 76.8 Å². The predicted octanol–water partition coefficient (Wildman–Crippen LogP) is 11.3. The average molecular weight is 1350 g/mol. The van der Waals surface area contributed by atoms with Gasteiger partial charge in [0, 0.05) is 113 Å². The van der Waals surface area contributed by atoms with Gasteiger partial charge in [-0.15, -0.1) is 0 Å². The van der Waals surface area contributed by atoms with Gasteiger partial charge in [0.05, 0.1) is 74.6 Å². The van der Waals surface area contributed by atoms with E-state index in [1.807, 2.05) is 53.8 Å². The first-order valence-electron chi connectivity index (χ1n) is 30.0. The number of carbonyl (C=O) groups excluding carboxylic acids is 1. The van der Waals surface area contributed by atoms with Gasteiger partial charge in [-0.2, -0.15) is 5.10 Å².